The van der Waals surface area contributed by atoms with Crippen LogP contribution in [0.3, 0.4) is 0 Å². The standard InChI is InChI=1S/C19H16N4OS2/c1-2-14(12-7-4-3-5-8-12)18-22-23-16(20)15(11-13-9-6-10-25-13)17(24)21-19(23)26-18/h3-11,14,20H,2H2,1H3. The quantitative estimate of drug-likeness (QED) is 0.791. The highest BCUT2D eigenvalue weighted by molar-refractivity contribution is 8.27. The van der Waals surface area contributed by atoms with E-state index in [1.807, 2.05) is 35.7 Å². The Hall–Kier alpha value is -2.51. The number of thioether (sulfide) groups is 1. The van der Waals surface area contributed by atoms with Gasteiger partial charge in [-0.15, -0.1) is 11.3 Å². The number of aliphatic imine (C=N–C) groups is 1. The molecule has 0 spiro atoms. The number of amides is 1. The molecule has 1 amide bonds. The number of hydrogen-bond donors (Lipinski definition) is 1. The lowest BCUT2D eigenvalue weighted by molar-refractivity contribution is -0.114. The number of amidine groups is 2. The van der Waals surface area contributed by atoms with Gasteiger partial charge in [0.15, 0.2) is 5.84 Å². The van der Waals surface area contributed by atoms with Crippen molar-refractivity contribution in [3.05, 3.63) is 63.9 Å². The summed E-state index contributed by atoms with van der Waals surface area (Å²) < 4.78 is 0. The Kier molecular flexibility index (Phi) is 4.57. The predicted octanol–water partition coefficient (Wildman–Crippen LogP) is 4.56. The van der Waals surface area contributed by atoms with Crippen LogP contribution >= 0.6 is 23.1 Å². The second-order valence-corrected chi connectivity index (χ2v) is 7.81. The van der Waals surface area contributed by atoms with Gasteiger partial charge in [0.25, 0.3) is 5.91 Å². The Morgan fingerprint density at radius 3 is 2.73 bits per heavy atom. The largest absolute Gasteiger partial charge is 0.283 e. The number of fused-ring (bicyclic) bond motifs is 1. The molecule has 2 aliphatic rings. The molecule has 2 aliphatic heterocycles. The molecule has 0 aliphatic carbocycles. The summed E-state index contributed by atoms with van der Waals surface area (Å²) in [5, 5.41) is 17.8. The van der Waals surface area contributed by atoms with Crippen molar-refractivity contribution in [1.82, 2.24) is 5.01 Å². The lowest BCUT2D eigenvalue weighted by Crippen LogP contribution is -2.35. The third-order valence-corrected chi connectivity index (χ3v) is 6.05. The van der Waals surface area contributed by atoms with E-state index >= 15 is 0 Å². The van der Waals surface area contributed by atoms with Crippen LogP contribution < -0.4 is 0 Å². The zero-order valence-electron chi connectivity index (χ0n) is 14.0. The Morgan fingerprint density at radius 1 is 1.23 bits per heavy atom. The van der Waals surface area contributed by atoms with E-state index < -0.39 is 0 Å². The van der Waals surface area contributed by atoms with E-state index in [-0.39, 0.29) is 23.2 Å². The molecule has 1 aromatic carbocycles. The summed E-state index contributed by atoms with van der Waals surface area (Å²) in [6, 6.07) is 14.0. The van der Waals surface area contributed by atoms with E-state index in [1.54, 1.807) is 6.08 Å². The molecule has 7 heteroatoms. The zero-order chi connectivity index (χ0) is 18.1. The van der Waals surface area contributed by atoms with Crippen LogP contribution in [0.5, 0.6) is 0 Å². The lowest BCUT2D eigenvalue weighted by atomic mass is 9.98. The number of hydrazone groups is 1. The van der Waals surface area contributed by atoms with Gasteiger partial charge < -0.3 is 0 Å². The van der Waals surface area contributed by atoms with Crippen molar-refractivity contribution in [1.29, 1.82) is 5.41 Å². The molecule has 5 nitrogen and oxygen atoms in total. The summed E-state index contributed by atoms with van der Waals surface area (Å²) in [4.78, 5) is 17.5. The first-order valence-electron chi connectivity index (χ1n) is 8.26. The SMILES string of the molecule is CCC(C1=NN2C(=N)C(=Cc3cccs3)C(=O)N=C2S1)c1ccccc1. The molecule has 1 atom stereocenters. The fourth-order valence-electron chi connectivity index (χ4n) is 2.90. The fraction of sp³-hybridized carbons (Fsp3) is 0.158. The van der Waals surface area contributed by atoms with Gasteiger partial charge in [0.2, 0.25) is 5.17 Å². The van der Waals surface area contributed by atoms with E-state index in [4.69, 9.17) is 5.41 Å². The number of carbonyl (C=O) groups excluding carboxylic acids is 1. The summed E-state index contributed by atoms with van der Waals surface area (Å²) in [5.41, 5.74) is 1.45. The van der Waals surface area contributed by atoms with Crippen LogP contribution in [0.15, 0.2) is 63.5 Å². The topological polar surface area (TPSA) is 68.9 Å². The van der Waals surface area contributed by atoms with Crippen molar-refractivity contribution < 1.29 is 4.79 Å². The second kappa shape index (κ2) is 7.01. The molecule has 1 N–H and O–H groups in total. The van der Waals surface area contributed by atoms with E-state index in [0.29, 0.717) is 5.17 Å². The first kappa shape index (κ1) is 16.9. The van der Waals surface area contributed by atoms with Crippen molar-refractivity contribution >= 4 is 51.1 Å². The average molecular weight is 380 g/mol. The normalized spacial score (nSPS) is 19.4. The fourth-order valence-corrected chi connectivity index (χ4v) is 4.66. The van der Waals surface area contributed by atoms with Gasteiger partial charge in [-0.25, -0.2) is 0 Å². The number of benzene rings is 1. The molecule has 26 heavy (non-hydrogen) atoms. The van der Waals surface area contributed by atoms with Crippen LogP contribution in [0.25, 0.3) is 6.08 Å². The van der Waals surface area contributed by atoms with Crippen LogP contribution in [0.1, 0.15) is 29.7 Å². The molecule has 0 bridgehead atoms. The third kappa shape index (κ3) is 3.04. The van der Waals surface area contributed by atoms with Gasteiger partial charge in [0.1, 0.15) is 5.04 Å². The van der Waals surface area contributed by atoms with Crippen LogP contribution in [-0.4, -0.2) is 27.0 Å². The Bertz CT molecular complexity index is 945. The summed E-state index contributed by atoms with van der Waals surface area (Å²) in [6.45, 7) is 2.11. The predicted molar refractivity (Wildman–Crippen MR) is 109 cm³/mol. The molecular weight excluding hydrogens is 364 g/mol. The van der Waals surface area contributed by atoms with Gasteiger partial charge in [-0.05, 0) is 41.3 Å². The maximum atomic E-state index is 12.4. The highest BCUT2D eigenvalue weighted by Crippen LogP contribution is 2.36. The summed E-state index contributed by atoms with van der Waals surface area (Å²) in [7, 11) is 0. The highest BCUT2D eigenvalue weighted by Gasteiger charge is 2.37. The van der Waals surface area contributed by atoms with Crippen LogP contribution in [0, 0.1) is 5.41 Å². The molecule has 0 radical (unpaired) electrons. The molecule has 3 heterocycles. The molecule has 4 rings (SSSR count). The van der Waals surface area contributed by atoms with Gasteiger partial charge in [-0.1, -0.05) is 43.3 Å². The summed E-state index contributed by atoms with van der Waals surface area (Å²) >= 11 is 2.90. The maximum absolute atomic E-state index is 12.4. The summed E-state index contributed by atoms with van der Waals surface area (Å²) in [6.07, 6.45) is 2.60. The van der Waals surface area contributed by atoms with Gasteiger partial charge in [0, 0.05) is 10.8 Å². The Labute approximate surface area is 159 Å². The second-order valence-electron chi connectivity index (χ2n) is 5.85. The number of carbonyl (C=O) groups is 1. The van der Waals surface area contributed by atoms with Crippen molar-refractivity contribution in [3.8, 4) is 0 Å². The van der Waals surface area contributed by atoms with Crippen molar-refractivity contribution in [2.45, 2.75) is 19.3 Å². The van der Waals surface area contributed by atoms with Crippen LogP contribution in [-0.2, 0) is 4.79 Å². The molecule has 2 aromatic rings. The Balaban J connectivity index is 1.67. The first-order chi connectivity index (χ1) is 12.7. The summed E-state index contributed by atoms with van der Waals surface area (Å²) in [5.74, 6) is -0.174. The molecule has 1 unspecified atom stereocenters. The van der Waals surface area contributed by atoms with Gasteiger partial charge in [-0.2, -0.15) is 15.1 Å². The lowest BCUT2D eigenvalue weighted by Gasteiger charge is -2.20. The van der Waals surface area contributed by atoms with Crippen molar-refractivity contribution in [2.24, 2.45) is 10.1 Å². The van der Waals surface area contributed by atoms with Gasteiger partial charge >= 0.3 is 0 Å². The first-order valence-corrected chi connectivity index (χ1v) is 9.95. The number of thiophene rings is 1. The van der Waals surface area contributed by atoms with E-state index in [9.17, 15) is 4.79 Å². The minimum atomic E-state index is -0.383. The van der Waals surface area contributed by atoms with Crippen LogP contribution in [0.2, 0.25) is 0 Å². The Morgan fingerprint density at radius 2 is 2.04 bits per heavy atom. The van der Waals surface area contributed by atoms with Crippen molar-refractivity contribution in [2.75, 3.05) is 0 Å². The monoisotopic (exact) mass is 380 g/mol. The van der Waals surface area contributed by atoms with Gasteiger partial charge in [0.05, 0.1) is 5.57 Å². The minimum absolute atomic E-state index is 0.0822. The number of rotatable bonds is 4. The average Bonchev–Trinajstić information content (AvgIpc) is 3.30. The molecule has 0 saturated carbocycles. The van der Waals surface area contributed by atoms with E-state index in [0.717, 1.165) is 16.3 Å². The molecule has 0 saturated heterocycles. The van der Waals surface area contributed by atoms with Gasteiger partial charge in [-0.3, -0.25) is 10.2 Å². The van der Waals surface area contributed by atoms with E-state index in [2.05, 4.69) is 29.2 Å². The number of hydrogen-bond acceptors (Lipinski definition) is 5. The molecular formula is C19H16N4OS2. The number of nitrogens with zero attached hydrogens (tertiary/aromatic N) is 3. The molecule has 0 fully saturated rings. The van der Waals surface area contributed by atoms with Crippen LogP contribution in [0.4, 0.5) is 0 Å². The number of nitrogens with one attached hydrogen (secondary N) is 1. The van der Waals surface area contributed by atoms with Crippen molar-refractivity contribution in [3.63, 3.8) is 0 Å². The molecule has 130 valence electrons. The van der Waals surface area contributed by atoms with E-state index in [1.165, 1.54) is 33.7 Å². The third-order valence-electron chi connectivity index (χ3n) is 4.21. The zero-order valence-corrected chi connectivity index (χ0v) is 15.7. The highest BCUT2D eigenvalue weighted by atomic mass is 32.2. The maximum Gasteiger partial charge on any atom is 0.283 e. The minimum Gasteiger partial charge on any atom is -0.282 e. The molecule has 1 aromatic heterocycles. The smallest absolute Gasteiger partial charge is 0.282 e.